The maximum atomic E-state index is 12.5. The average Bonchev–Trinajstić information content (AvgIpc) is 2.75. The van der Waals surface area contributed by atoms with Gasteiger partial charge in [-0.25, -0.2) is 13.1 Å². The van der Waals surface area contributed by atoms with E-state index in [1.165, 1.54) is 10.6 Å². The van der Waals surface area contributed by atoms with Gasteiger partial charge in [-0.05, 0) is 61.5 Å². The SMILES string of the molecule is C=CCn1c(=S)[nH]c2cc(C(=O)NCCNS(=O)(=O)c3cc(C)ccc3C)ccc2c1=O. The fourth-order valence-electron chi connectivity index (χ4n) is 3.23. The van der Waals surface area contributed by atoms with Crippen LogP contribution in [0.15, 0.2) is 58.7 Å². The van der Waals surface area contributed by atoms with Gasteiger partial charge in [-0.3, -0.25) is 14.2 Å². The van der Waals surface area contributed by atoms with E-state index < -0.39 is 15.9 Å². The van der Waals surface area contributed by atoms with Crippen LogP contribution in [0.3, 0.4) is 0 Å². The van der Waals surface area contributed by atoms with E-state index in [-0.39, 0.29) is 34.9 Å². The van der Waals surface area contributed by atoms with Gasteiger partial charge in [0, 0.05) is 25.2 Å². The van der Waals surface area contributed by atoms with E-state index in [4.69, 9.17) is 12.2 Å². The van der Waals surface area contributed by atoms with Crippen molar-refractivity contribution in [2.24, 2.45) is 0 Å². The Balaban J connectivity index is 1.68. The lowest BCUT2D eigenvalue weighted by Crippen LogP contribution is -2.35. The molecule has 1 heterocycles. The minimum absolute atomic E-state index is 0.0315. The highest BCUT2D eigenvalue weighted by Gasteiger charge is 2.16. The predicted molar refractivity (Wildman–Crippen MR) is 127 cm³/mol. The highest BCUT2D eigenvalue weighted by molar-refractivity contribution is 7.89. The molecule has 0 fully saturated rings. The smallest absolute Gasteiger partial charge is 0.262 e. The molecule has 0 aliphatic carbocycles. The number of nitrogens with zero attached hydrogens (tertiary/aromatic N) is 1. The second-order valence-electron chi connectivity index (χ2n) is 7.32. The summed E-state index contributed by atoms with van der Waals surface area (Å²) in [5, 5.41) is 3.07. The van der Waals surface area contributed by atoms with Crippen LogP contribution in [0.2, 0.25) is 0 Å². The number of carbonyl (C=O) groups excluding carboxylic acids is 1. The third kappa shape index (κ3) is 5.04. The Bertz CT molecular complexity index is 1420. The van der Waals surface area contributed by atoms with Gasteiger partial charge < -0.3 is 10.3 Å². The molecule has 0 saturated carbocycles. The van der Waals surface area contributed by atoms with Crippen LogP contribution in [0.1, 0.15) is 21.5 Å². The fourth-order valence-corrected chi connectivity index (χ4v) is 4.86. The van der Waals surface area contributed by atoms with Crippen molar-refractivity contribution >= 4 is 39.1 Å². The molecule has 168 valence electrons. The summed E-state index contributed by atoms with van der Waals surface area (Å²) < 4.78 is 29.2. The van der Waals surface area contributed by atoms with Crippen LogP contribution < -0.4 is 15.6 Å². The first-order chi connectivity index (χ1) is 15.1. The first-order valence-corrected chi connectivity index (χ1v) is 11.8. The molecule has 0 spiro atoms. The van der Waals surface area contributed by atoms with Crippen LogP contribution in [0.5, 0.6) is 0 Å². The number of aryl methyl sites for hydroxylation is 2. The van der Waals surface area contributed by atoms with E-state index in [1.54, 1.807) is 37.3 Å². The van der Waals surface area contributed by atoms with E-state index >= 15 is 0 Å². The van der Waals surface area contributed by atoms with Gasteiger partial charge in [-0.15, -0.1) is 6.58 Å². The van der Waals surface area contributed by atoms with Crippen LogP contribution >= 0.6 is 12.2 Å². The lowest BCUT2D eigenvalue weighted by Gasteiger charge is -2.11. The molecule has 1 amide bonds. The summed E-state index contributed by atoms with van der Waals surface area (Å²) >= 11 is 5.21. The summed E-state index contributed by atoms with van der Waals surface area (Å²) in [6.07, 6.45) is 1.58. The van der Waals surface area contributed by atoms with Crippen LogP contribution in [0.25, 0.3) is 10.9 Å². The summed E-state index contributed by atoms with van der Waals surface area (Å²) in [5.74, 6) is -0.396. The molecule has 0 atom stereocenters. The number of allylic oxidation sites excluding steroid dienone is 1. The second-order valence-corrected chi connectivity index (χ2v) is 9.44. The number of benzene rings is 2. The molecule has 0 bridgehead atoms. The molecule has 0 saturated heterocycles. The molecule has 0 aliphatic rings. The zero-order chi connectivity index (χ0) is 23.5. The number of aromatic nitrogens is 2. The van der Waals surface area contributed by atoms with E-state index in [0.717, 1.165) is 5.56 Å². The van der Waals surface area contributed by atoms with Crippen molar-refractivity contribution in [2.45, 2.75) is 25.3 Å². The maximum Gasteiger partial charge on any atom is 0.262 e. The first kappa shape index (κ1) is 23.6. The lowest BCUT2D eigenvalue weighted by molar-refractivity contribution is 0.0954. The van der Waals surface area contributed by atoms with Gasteiger partial charge in [-0.2, -0.15) is 0 Å². The quantitative estimate of drug-likeness (QED) is 0.265. The van der Waals surface area contributed by atoms with Crippen LogP contribution in [0.4, 0.5) is 0 Å². The van der Waals surface area contributed by atoms with Crippen LogP contribution in [0, 0.1) is 18.6 Å². The molecule has 8 nitrogen and oxygen atoms in total. The monoisotopic (exact) mass is 472 g/mol. The third-order valence-electron chi connectivity index (χ3n) is 4.89. The third-order valence-corrected chi connectivity index (χ3v) is 6.82. The molecule has 3 rings (SSSR count). The summed E-state index contributed by atoms with van der Waals surface area (Å²) in [7, 11) is -3.69. The van der Waals surface area contributed by atoms with Crippen molar-refractivity contribution < 1.29 is 13.2 Å². The summed E-state index contributed by atoms with van der Waals surface area (Å²) in [4.78, 5) is 28.2. The van der Waals surface area contributed by atoms with Crippen LogP contribution in [-0.4, -0.2) is 37.0 Å². The Morgan fingerprint density at radius 3 is 2.66 bits per heavy atom. The summed E-state index contributed by atoms with van der Waals surface area (Å²) in [6.45, 7) is 7.58. The number of nitrogens with one attached hydrogen (secondary N) is 3. The van der Waals surface area contributed by atoms with Crippen molar-refractivity contribution in [3.63, 3.8) is 0 Å². The number of hydrogen-bond donors (Lipinski definition) is 3. The number of aromatic amines is 1. The standard InChI is InChI=1S/C22H24N4O4S2/c1-4-11-26-21(28)17-8-7-16(13-18(17)25-22(26)31)20(27)23-9-10-24-32(29,30)19-12-14(2)5-6-15(19)3/h4-8,12-13,24H,1,9-11H2,2-3H3,(H,23,27)(H,25,31). The Morgan fingerprint density at radius 1 is 1.19 bits per heavy atom. The zero-order valence-electron chi connectivity index (χ0n) is 17.8. The number of rotatable bonds is 8. The van der Waals surface area contributed by atoms with Crippen molar-refractivity contribution in [1.29, 1.82) is 0 Å². The van der Waals surface area contributed by atoms with Crippen LogP contribution in [-0.2, 0) is 16.6 Å². The molecule has 2 aromatic carbocycles. The summed E-state index contributed by atoms with van der Waals surface area (Å²) in [5.41, 5.74) is 1.99. The number of amides is 1. The Hall–Kier alpha value is -3.08. The molecular formula is C22H24N4O4S2. The Labute approximate surface area is 191 Å². The van der Waals surface area contributed by atoms with E-state index in [1.807, 2.05) is 13.0 Å². The number of H-pyrrole nitrogens is 1. The average molecular weight is 473 g/mol. The van der Waals surface area contributed by atoms with Gasteiger partial charge in [0.25, 0.3) is 11.5 Å². The van der Waals surface area contributed by atoms with Gasteiger partial charge in [-0.1, -0.05) is 18.2 Å². The largest absolute Gasteiger partial charge is 0.351 e. The molecule has 10 heteroatoms. The molecule has 0 radical (unpaired) electrons. The highest BCUT2D eigenvalue weighted by atomic mass is 32.2. The lowest BCUT2D eigenvalue weighted by atomic mass is 10.1. The topological polar surface area (TPSA) is 113 Å². The summed E-state index contributed by atoms with van der Waals surface area (Å²) in [6, 6.07) is 9.84. The fraction of sp³-hybridized carbons (Fsp3) is 0.227. The van der Waals surface area contributed by atoms with Gasteiger partial charge in [0.2, 0.25) is 10.0 Å². The molecule has 3 aromatic rings. The van der Waals surface area contributed by atoms with Crippen molar-refractivity contribution in [2.75, 3.05) is 13.1 Å². The number of fused-ring (bicyclic) bond motifs is 1. The Morgan fingerprint density at radius 2 is 1.94 bits per heavy atom. The molecule has 0 aliphatic heterocycles. The first-order valence-electron chi connectivity index (χ1n) is 9.87. The molecule has 3 N–H and O–H groups in total. The van der Waals surface area contributed by atoms with Gasteiger partial charge in [0.05, 0.1) is 15.8 Å². The predicted octanol–water partition coefficient (Wildman–Crippen LogP) is 2.57. The second kappa shape index (κ2) is 9.60. The highest BCUT2D eigenvalue weighted by Crippen LogP contribution is 2.16. The molecule has 32 heavy (non-hydrogen) atoms. The minimum Gasteiger partial charge on any atom is -0.351 e. The normalized spacial score (nSPS) is 11.4. The van der Waals surface area contributed by atoms with E-state index in [2.05, 4.69) is 21.6 Å². The van der Waals surface area contributed by atoms with Crippen molar-refractivity contribution in [3.8, 4) is 0 Å². The molecule has 1 aromatic heterocycles. The maximum absolute atomic E-state index is 12.5. The van der Waals surface area contributed by atoms with Crippen molar-refractivity contribution in [3.05, 3.63) is 80.9 Å². The van der Waals surface area contributed by atoms with E-state index in [0.29, 0.717) is 22.0 Å². The minimum atomic E-state index is -3.69. The Kier molecular flexibility index (Phi) is 7.07. The van der Waals surface area contributed by atoms with Gasteiger partial charge in [0.1, 0.15) is 0 Å². The zero-order valence-corrected chi connectivity index (χ0v) is 19.4. The van der Waals surface area contributed by atoms with E-state index in [9.17, 15) is 18.0 Å². The molecular weight excluding hydrogens is 448 g/mol. The number of hydrogen-bond acceptors (Lipinski definition) is 5. The van der Waals surface area contributed by atoms with Gasteiger partial charge in [0.15, 0.2) is 4.77 Å². The number of sulfonamides is 1. The van der Waals surface area contributed by atoms with Gasteiger partial charge >= 0.3 is 0 Å². The molecule has 0 unspecified atom stereocenters. The van der Waals surface area contributed by atoms with Crippen molar-refractivity contribution in [1.82, 2.24) is 19.6 Å². The number of carbonyl (C=O) groups is 1.